The normalized spacial score (nSPS) is 12.9. The molecule has 0 radical (unpaired) electrons. The van der Waals surface area contributed by atoms with E-state index < -0.39 is 0 Å². The Morgan fingerprint density at radius 3 is 2.86 bits per heavy atom. The summed E-state index contributed by atoms with van der Waals surface area (Å²) in [6.45, 7) is 3.41. The molecule has 2 aromatic rings. The Kier molecular flexibility index (Phi) is 5.24. The van der Waals surface area contributed by atoms with Gasteiger partial charge in [-0.1, -0.05) is 11.6 Å². The number of nitrogens with two attached hydrogens (primary N) is 1. The molecule has 0 aromatic carbocycles. The van der Waals surface area contributed by atoms with Crippen molar-refractivity contribution in [3.63, 3.8) is 0 Å². The highest BCUT2D eigenvalue weighted by Crippen LogP contribution is 2.26. The van der Waals surface area contributed by atoms with Crippen LogP contribution < -0.4 is 11.3 Å². The first-order valence-corrected chi connectivity index (χ1v) is 7.02. The predicted octanol–water partition coefficient (Wildman–Crippen LogP) is 0.749. The molecule has 0 saturated carbocycles. The van der Waals surface area contributed by atoms with Crippen molar-refractivity contribution in [1.82, 2.24) is 30.1 Å². The van der Waals surface area contributed by atoms with Crippen LogP contribution in [0.3, 0.4) is 0 Å². The van der Waals surface area contributed by atoms with E-state index in [1.807, 2.05) is 31.8 Å². The Hall–Kier alpha value is -1.54. The van der Waals surface area contributed by atoms with Crippen LogP contribution in [0.25, 0.3) is 0 Å². The summed E-state index contributed by atoms with van der Waals surface area (Å²) in [5.41, 5.74) is 4.33. The standard InChI is InChI=1S/C13H20ClN7/c1-9-16-5-4-11(18-9)12(19-15)13-10(14)8-17-21(13)7-6-20(2)3/h4-5,8,12,19H,6-7,15H2,1-3H3. The van der Waals surface area contributed by atoms with E-state index in [0.29, 0.717) is 10.8 Å². The maximum Gasteiger partial charge on any atom is 0.125 e. The van der Waals surface area contributed by atoms with Crippen LogP contribution in [-0.4, -0.2) is 45.3 Å². The van der Waals surface area contributed by atoms with Gasteiger partial charge in [0.05, 0.1) is 29.2 Å². The summed E-state index contributed by atoms with van der Waals surface area (Å²) in [6.07, 6.45) is 3.33. The minimum Gasteiger partial charge on any atom is -0.308 e. The fourth-order valence-corrected chi connectivity index (χ4v) is 2.32. The Morgan fingerprint density at radius 2 is 2.24 bits per heavy atom. The molecule has 2 rings (SSSR count). The highest BCUT2D eigenvalue weighted by atomic mass is 35.5. The number of halogens is 1. The number of nitrogens with one attached hydrogen (secondary N) is 1. The van der Waals surface area contributed by atoms with Crippen molar-refractivity contribution in [2.75, 3.05) is 20.6 Å². The number of likely N-dealkylation sites (N-methyl/N-ethyl adjacent to an activating group) is 1. The van der Waals surface area contributed by atoms with Gasteiger partial charge in [0.2, 0.25) is 0 Å². The average Bonchev–Trinajstić information content (AvgIpc) is 2.79. The zero-order valence-electron chi connectivity index (χ0n) is 12.4. The molecule has 8 heteroatoms. The van der Waals surface area contributed by atoms with E-state index >= 15 is 0 Å². The second-order valence-corrected chi connectivity index (χ2v) is 5.44. The first-order valence-electron chi connectivity index (χ1n) is 6.64. The Balaban J connectivity index is 2.35. The minimum absolute atomic E-state index is 0.330. The molecule has 114 valence electrons. The summed E-state index contributed by atoms with van der Waals surface area (Å²) < 4.78 is 1.85. The second-order valence-electron chi connectivity index (χ2n) is 5.03. The third-order valence-corrected chi connectivity index (χ3v) is 3.42. The fourth-order valence-electron chi connectivity index (χ4n) is 2.07. The lowest BCUT2D eigenvalue weighted by atomic mass is 10.1. The molecule has 1 unspecified atom stereocenters. The van der Waals surface area contributed by atoms with Gasteiger partial charge in [-0.05, 0) is 27.1 Å². The quantitative estimate of drug-likeness (QED) is 0.605. The molecule has 0 bridgehead atoms. The Morgan fingerprint density at radius 1 is 1.48 bits per heavy atom. The number of hydrazine groups is 1. The smallest absolute Gasteiger partial charge is 0.125 e. The highest BCUT2D eigenvalue weighted by Gasteiger charge is 2.22. The van der Waals surface area contributed by atoms with Crippen LogP contribution in [0.5, 0.6) is 0 Å². The highest BCUT2D eigenvalue weighted by molar-refractivity contribution is 6.31. The maximum atomic E-state index is 6.29. The summed E-state index contributed by atoms with van der Waals surface area (Å²) in [5, 5.41) is 4.89. The van der Waals surface area contributed by atoms with Crippen molar-refractivity contribution < 1.29 is 0 Å². The number of rotatable bonds is 6. The first kappa shape index (κ1) is 15.8. The molecule has 0 aliphatic rings. The van der Waals surface area contributed by atoms with Crippen molar-refractivity contribution in [2.24, 2.45) is 5.84 Å². The molecule has 3 N–H and O–H groups in total. The van der Waals surface area contributed by atoms with E-state index in [9.17, 15) is 0 Å². The van der Waals surface area contributed by atoms with Crippen LogP contribution in [0.4, 0.5) is 0 Å². The predicted molar refractivity (Wildman–Crippen MR) is 81.7 cm³/mol. The molecule has 0 amide bonds. The van der Waals surface area contributed by atoms with Gasteiger partial charge in [0.1, 0.15) is 11.9 Å². The zero-order valence-corrected chi connectivity index (χ0v) is 13.2. The molecule has 7 nitrogen and oxygen atoms in total. The van der Waals surface area contributed by atoms with Crippen LogP contribution >= 0.6 is 11.6 Å². The molecule has 0 spiro atoms. The second kappa shape index (κ2) is 6.95. The largest absolute Gasteiger partial charge is 0.308 e. The Labute approximate surface area is 129 Å². The summed E-state index contributed by atoms with van der Waals surface area (Å²) in [7, 11) is 4.02. The SMILES string of the molecule is Cc1nccc(C(NN)c2c(Cl)cnn2CCN(C)C)n1. The molecule has 2 aromatic heterocycles. The molecule has 0 aliphatic heterocycles. The van der Waals surface area contributed by atoms with Crippen molar-refractivity contribution in [1.29, 1.82) is 0 Å². The van der Waals surface area contributed by atoms with Crippen LogP contribution in [0.2, 0.25) is 5.02 Å². The van der Waals surface area contributed by atoms with E-state index in [-0.39, 0.29) is 6.04 Å². The summed E-state index contributed by atoms with van der Waals surface area (Å²) >= 11 is 6.29. The van der Waals surface area contributed by atoms with Crippen LogP contribution in [0.1, 0.15) is 23.3 Å². The average molecular weight is 310 g/mol. The summed E-state index contributed by atoms with van der Waals surface area (Å²) in [5.74, 6) is 6.40. The van der Waals surface area contributed by atoms with Gasteiger partial charge in [0.15, 0.2) is 0 Å². The number of hydrogen-bond donors (Lipinski definition) is 2. The molecule has 2 heterocycles. The summed E-state index contributed by atoms with van der Waals surface area (Å²) in [4.78, 5) is 10.6. The number of hydrogen-bond acceptors (Lipinski definition) is 6. The van der Waals surface area contributed by atoms with Gasteiger partial charge in [-0.3, -0.25) is 10.5 Å². The van der Waals surface area contributed by atoms with Gasteiger partial charge in [0, 0.05) is 12.7 Å². The lowest BCUT2D eigenvalue weighted by Gasteiger charge is -2.19. The van der Waals surface area contributed by atoms with E-state index in [1.165, 1.54) is 0 Å². The van der Waals surface area contributed by atoms with Crippen LogP contribution in [0, 0.1) is 6.92 Å². The number of nitrogens with zero attached hydrogens (tertiary/aromatic N) is 5. The van der Waals surface area contributed by atoms with E-state index in [2.05, 4.69) is 25.4 Å². The third-order valence-electron chi connectivity index (χ3n) is 3.13. The molecule has 0 saturated heterocycles. The number of aryl methyl sites for hydroxylation is 1. The topological polar surface area (TPSA) is 84.9 Å². The maximum absolute atomic E-state index is 6.29. The van der Waals surface area contributed by atoms with Crippen molar-refractivity contribution >= 4 is 11.6 Å². The third kappa shape index (κ3) is 3.76. The van der Waals surface area contributed by atoms with Crippen molar-refractivity contribution in [3.05, 3.63) is 40.7 Å². The van der Waals surface area contributed by atoms with Crippen LogP contribution in [-0.2, 0) is 6.54 Å². The zero-order chi connectivity index (χ0) is 15.4. The lowest BCUT2D eigenvalue weighted by molar-refractivity contribution is 0.365. The number of aromatic nitrogens is 4. The van der Waals surface area contributed by atoms with Crippen molar-refractivity contribution in [3.8, 4) is 0 Å². The molecular formula is C13H20ClN7. The van der Waals surface area contributed by atoms with Crippen molar-refractivity contribution in [2.45, 2.75) is 19.5 Å². The van der Waals surface area contributed by atoms with Gasteiger partial charge in [-0.2, -0.15) is 5.10 Å². The van der Waals surface area contributed by atoms with E-state index in [0.717, 1.165) is 24.5 Å². The molecule has 0 aliphatic carbocycles. The van der Waals surface area contributed by atoms with E-state index in [4.69, 9.17) is 17.4 Å². The fraction of sp³-hybridized carbons (Fsp3) is 0.462. The molecular weight excluding hydrogens is 290 g/mol. The lowest BCUT2D eigenvalue weighted by Crippen LogP contribution is -2.32. The molecule has 21 heavy (non-hydrogen) atoms. The Bertz CT molecular complexity index is 596. The monoisotopic (exact) mass is 309 g/mol. The van der Waals surface area contributed by atoms with Gasteiger partial charge < -0.3 is 4.90 Å². The minimum atomic E-state index is -0.330. The van der Waals surface area contributed by atoms with Gasteiger partial charge in [-0.25, -0.2) is 15.4 Å². The van der Waals surface area contributed by atoms with Gasteiger partial charge in [-0.15, -0.1) is 0 Å². The molecule has 0 fully saturated rings. The summed E-state index contributed by atoms with van der Waals surface area (Å²) in [6, 6.07) is 1.49. The van der Waals surface area contributed by atoms with Gasteiger partial charge >= 0.3 is 0 Å². The van der Waals surface area contributed by atoms with Gasteiger partial charge in [0.25, 0.3) is 0 Å². The van der Waals surface area contributed by atoms with E-state index in [1.54, 1.807) is 12.4 Å². The first-order chi connectivity index (χ1) is 10.0. The van der Waals surface area contributed by atoms with Crippen LogP contribution in [0.15, 0.2) is 18.5 Å². The molecule has 1 atom stereocenters.